The van der Waals surface area contributed by atoms with Crippen LogP contribution in [0.4, 0.5) is 0 Å². The highest BCUT2D eigenvalue weighted by Crippen LogP contribution is 2.17. The van der Waals surface area contributed by atoms with Crippen molar-refractivity contribution in [1.82, 2.24) is 0 Å². The van der Waals surface area contributed by atoms with Gasteiger partial charge in [-0.05, 0) is 64.2 Å². The van der Waals surface area contributed by atoms with Crippen molar-refractivity contribution in [1.29, 1.82) is 0 Å². The van der Waals surface area contributed by atoms with Gasteiger partial charge in [-0.15, -0.1) is 0 Å². The third-order valence-electron chi connectivity index (χ3n) is 3.91. The summed E-state index contributed by atoms with van der Waals surface area (Å²) < 4.78 is 9.49. The fourth-order valence-electron chi connectivity index (χ4n) is 2.49. The molecule has 0 amide bonds. The van der Waals surface area contributed by atoms with Gasteiger partial charge in [0.05, 0.1) is 25.3 Å². The molecule has 25 heavy (non-hydrogen) atoms. The average molecular weight is 344 g/mol. The topological polar surface area (TPSA) is 52.6 Å². The Balaban J connectivity index is 2.78. The standard InChI is InChI=1S/C21H28O4/c1-15(2)8-6-9-16(3)10-7-11-17-12-13-18(20(22)24-4)19(14-17)21(23)25-5/h8,10,12-14H,6-7,9,11H2,1-5H3. The second-order valence-electron chi connectivity index (χ2n) is 6.27. The molecule has 4 nitrogen and oxygen atoms in total. The van der Waals surface area contributed by atoms with Gasteiger partial charge in [0.15, 0.2) is 0 Å². The smallest absolute Gasteiger partial charge is 0.338 e. The van der Waals surface area contributed by atoms with Gasteiger partial charge in [0, 0.05) is 0 Å². The van der Waals surface area contributed by atoms with Gasteiger partial charge in [-0.3, -0.25) is 0 Å². The zero-order valence-corrected chi connectivity index (χ0v) is 15.8. The maximum Gasteiger partial charge on any atom is 0.338 e. The highest BCUT2D eigenvalue weighted by Gasteiger charge is 2.18. The van der Waals surface area contributed by atoms with E-state index in [2.05, 4.69) is 32.9 Å². The largest absolute Gasteiger partial charge is 0.465 e. The van der Waals surface area contributed by atoms with Gasteiger partial charge in [-0.2, -0.15) is 0 Å². The van der Waals surface area contributed by atoms with E-state index in [1.807, 2.05) is 6.07 Å². The molecule has 1 aromatic rings. The van der Waals surface area contributed by atoms with Crippen molar-refractivity contribution in [2.75, 3.05) is 14.2 Å². The van der Waals surface area contributed by atoms with Crippen LogP contribution in [0.1, 0.15) is 66.3 Å². The maximum atomic E-state index is 11.9. The first-order valence-electron chi connectivity index (χ1n) is 8.47. The van der Waals surface area contributed by atoms with E-state index < -0.39 is 11.9 Å². The van der Waals surface area contributed by atoms with E-state index in [1.165, 1.54) is 25.4 Å². The highest BCUT2D eigenvalue weighted by molar-refractivity contribution is 6.03. The molecule has 136 valence electrons. The summed E-state index contributed by atoms with van der Waals surface area (Å²) in [6.45, 7) is 6.35. The van der Waals surface area contributed by atoms with Crippen molar-refractivity contribution in [3.8, 4) is 0 Å². The van der Waals surface area contributed by atoms with Crippen LogP contribution in [0.3, 0.4) is 0 Å². The molecule has 0 aliphatic heterocycles. The number of hydrogen-bond donors (Lipinski definition) is 0. The molecule has 0 aliphatic rings. The maximum absolute atomic E-state index is 11.9. The van der Waals surface area contributed by atoms with Crippen LogP contribution in [0.15, 0.2) is 41.5 Å². The monoisotopic (exact) mass is 344 g/mol. The normalized spacial score (nSPS) is 11.0. The first-order chi connectivity index (χ1) is 11.9. The van der Waals surface area contributed by atoms with Gasteiger partial charge in [0.2, 0.25) is 0 Å². The predicted molar refractivity (Wildman–Crippen MR) is 99.9 cm³/mol. The van der Waals surface area contributed by atoms with Gasteiger partial charge in [0.25, 0.3) is 0 Å². The van der Waals surface area contributed by atoms with Gasteiger partial charge >= 0.3 is 11.9 Å². The Labute approximate surface area is 150 Å². The summed E-state index contributed by atoms with van der Waals surface area (Å²) in [5.74, 6) is -1.07. The zero-order chi connectivity index (χ0) is 18.8. The Kier molecular flexibility index (Phi) is 8.68. The molecule has 0 bridgehead atoms. The molecule has 0 aromatic heterocycles. The number of ether oxygens (including phenoxy) is 2. The number of carbonyl (C=O) groups excluding carboxylic acids is 2. The number of aryl methyl sites for hydroxylation is 1. The predicted octanol–water partition coefficient (Wildman–Crippen LogP) is 4.89. The van der Waals surface area contributed by atoms with Crippen LogP contribution in [0, 0.1) is 0 Å². The summed E-state index contributed by atoms with van der Waals surface area (Å²) in [6, 6.07) is 5.19. The van der Waals surface area contributed by atoms with Gasteiger partial charge in [0.1, 0.15) is 0 Å². The summed E-state index contributed by atoms with van der Waals surface area (Å²) in [5, 5.41) is 0. The number of carbonyl (C=O) groups is 2. The van der Waals surface area contributed by atoms with Crippen LogP contribution in [-0.2, 0) is 15.9 Å². The minimum atomic E-state index is -0.540. The van der Waals surface area contributed by atoms with Gasteiger partial charge in [-0.1, -0.05) is 29.4 Å². The van der Waals surface area contributed by atoms with Gasteiger partial charge in [-0.25, -0.2) is 9.59 Å². The molecule has 0 unspecified atom stereocenters. The lowest BCUT2D eigenvalue weighted by Crippen LogP contribution is -2.12. The fourth-order valence-corrected chi connectivity index (χ4v) is 2.49. The zero-order valence-electron chi connectivity index (χ0n) is 15.8. The van der Waals surface area contributed by atoms with Crippen molar-refractivity contribution < 1.29 is 19.1 Å². The van der Waals surface area contributed by atoms with Crippen LogP contribution >= 0.6 is 0 Å². The van der Waals surface area contributed by atoms with E-state index in [1.54, 1.807) is 12.1 Å². The van der Waals surface area contributed by atoms with Crippen molar-refractivity contribution in [2.24, 2.45) is 0 Å². The molecule has 0 saturated heterocycles. The van der Waals surface area contributed by atoms with Crippen LogP contribution in [-0.4, -0.2) is 26.2 Å². The minimum Gasteiger partial charge on any atom is -0.465 e. The lowest BCUT2D eigenvalue weighted by atomic mass is 10.00. The third-order valence-corrected chi connectivity index (χ3v) is 3.91. The van der Waals surface area contributed by atoms with Crippen molar-refractivity contribution in [2.45, 2.75) is 46.5 Å². The summed E-state index contributed by atoms with van der Waals surface area (Å²) in [7, 11) is 2.59. The minimum absolute atomic E-state index is 0.228. The molecule has 0 N–H and O–H groups in total. The van der Waals surface area contributed by atoms with Crippen molar-refractivity contribution in [3.63, 3.8) is 0 Å². The number of rotatable bonds is 8. The first kappa shape index (κ1) is 20.7. The Morgan fingerprint density at radius 1 is 0.920 bits per heavy atom. The van der Waals surface area contributed by atoms with Crippen LogP contribution < -0.4 is 0 Å². The Hall–Kier alpha value is -2.36. The van der Waals surface area contributed by atoms with Crippen LogP contribution in [0.25, 0.3) is 0 Å². The number of benzene rings is 1. The first-order valence-corrected chi connectivity index (χ1v) is 8.47. The van der Waals surface area contributed by atoms with Crippen molar-refractivity contribution in [3.05, 3.63) is 58.2 Å². The van der Waals surface area contributed by atoms with E-state index in [9.17, 15) is 9.59 Å². The Morgan fingerprint density at radius 3 is 2.16 bits per heavy atom. The van der Waals surface area contributed by atoms with E-state index in [0.29, 0.717) is 0 Å². The quantitative estimate of drug-likeness (QED) is 0.498. The van der Waals surface area contributed by atoms with E-state index in [0.717, 1.165) is 31.2 Å². The summed E-state index contributed by atoms with van der Waals surface area (Å²) in [5.41, 5.74) is 4.16. The molecule has 0 fully saturated rings. The fraction of sp³-hybridized carbons (Fsp3) is 0.429. The van der Waals surface area contributed by atoms with E-state index in [4.69, 9.17) is 9.47 Å². The lowest BCUT2D eigenvalue weighted by molar-refractivity contribution is 0.0555. The second-order valence-corrected chi connectivity index (χ2v) is 6.27. The SMILES string of the molecule is COC(=O)c1ccc(CCC=C(C)CCC=C(C)C)cc1C(=O)OC. The van der Waals surface area contributed by atoms with Crippen LogP contribution in [0.5, 0.6) is 0 Å². The number of esters is 2. The molecule has 0 aliphatic carbocycles. The number of allylic oxidation sites excluding steroid dienone is 4. The molecule has 1 aromatic carbocycles. The number of methoxy groups -OCH3 is 2. The summed E-state index contributed by atoms with van der Waals surface area (Å²) in [6.07, 6.45) is 8.27. The molecule has 0 heterocycles. The third kappa shape index (κ3) is 6.96. The number of hydrogen-bond acceptors (Lipinski definition) is 4. The molecule has 4 heteroatoms. The second kappa shape index (κ2) is 10.5. The summed E-state index contributed by atoms with van der Waals surface area (Å²) in [4.78, 5) is 23.7. The molecule has 0 atom stereocenters. The summed E-state index contributed by atoms with van der Waals surface area (Å²) >= 11 is 0. The van der Waals surface area contributed by atoms with Crippen LogP contribution in [0.2, 0.25) is 0 Å². The molecule has 0 radical (unpaired) electrons. The Morgan fingerprint density at radius 2 is 1.56 bits per heavy atom. The van der Waals surface area contributed by atoms with Crippen molar-refractivity contribution >= 4 is 11.9 Å². The van der Waals surface area contributed by atoms with Gasteiger partial charge < -0.3 is 9.47 Å². The molecular formula is C21H28O4. The highest BCUT2D eigenvalue weighted by atomic mass is 16.5. The van der Waals surface area contributed by atoms with E-state index in [-0.39, 0.29) is 11.1 Å². The lowest BCUT2D eigenvalue weighted by Gasteiger charge is -2.09. The average Bonchev–Trinajstić information content (AvgIpc) is 2.59. The molecule has 1 rings (SSSR count). The molecule has 0 saturated carbocycles. The van der Waals surface area contributed by atoms with E-state index >= 15 is 0 Å². The Bertz CT molecular complexity index is 664. The molecule has 0 spiro atoms. The molecular weight excluding hydrogens is 316 g/mol.